The monoisotopic (exact) mass is 210 g/mol. The van der Waals surface area contributed by atoms with Crippen molar-refractivity contribution in [3.63, 3.8) is 0 Å². The molecule has 0 atom stereocenters. The molecule has 0 saturated carbocycles. The Morgan fingerprint density at radius 3 is 2.93 bits per heavy atom. The first kappa shape index (κ1) is 12.3. The van der Waals surface area contributed by atoms with E-state index >= 15 is 0 Å². The molecule has 1 N–H and O–H groups in total. The van der Waals surface area contributed by atoms with Gasteiger partial charge in [0.1, 0.15) is 0 Å². The summed E-state index contributed by atoms with van der Waals surface area (Å²) in [7, 11) is 2.15. The molecular weight excluding hydrogens is 188 g/mol. The highest BCUT2D eigenvalue weighted by atomic mass is 16.3. The second-order valence-corrected chi connectivity index (χ2v) is 3.97. The van der Waals surface area contributed by atoms with Crippen molar-refractivity contribution in [3.05, 3.63) is 24.2 Å². The molecule has 15 heavy (non-hydrogen) atoms. The molecule has 86 valence electrons. The van der Waals surface area contributed by atoms with Crippen LogP contribution in [0.15, 0.2) is 23.0 Å². The molecule has 0 aliphatic heterocycles. The van der Waals surface area contributed by atoms with Crippen LogP contribution in [-0.4, -0.2) is 31.6 Å². The smallest absolute Gasteiger partial charge is 0.0947 e. The average molecular weight is 210 g/mol. The van der Waals surface area contributed by atoms with Crippen LogP contribution in [0.5, 0.6) is 0 Å². The van der Waals surface area contributed by atoms with Gasteiger partial charge >= 0.3 is 0 Å². The van der Waals surface area contributed by atoms with Crippen LogP contribution in [-0.2, 0) is 6.54 Å². The fraction of sp³-hybridized carbons (Fsp3) is 0.667. The van der Waals surface area contributed by atoms with Gasteiger partial charge < -0.3 is 14.6 Å². The van der Waals surface area contributed by atoms with Crippen molar-refractivity contribution in [2.45, 2.75) is 26.3 Å². The second-order valence-electron chi connectivity index (χ2n) is 3.97. The molecule has 3 nitrogen and oxygen atoms in total. The molecule has 0 fully saturated rings. The Balaban J connectivity index is 2.01. The first-order valence-electron chi connectivity index (χ1n) is 5.73. The van der Waals surface area contributed by atoms with Crippen molar-refractivity contribution in [1.29, 1.82) is 0 Å². The van der Waals surface area contributed by atoms with Gasteiger partial charge in [-0.15, -0.1) is 0 Å². The molecule has 1 heterocycles. The minimum atomic E-state index is 0.976. The van der Waals surface area contributed by atoms with Gasteiger partial charge in [-0.05, 0) is 45.6 Å². The summed E-state index contributed by atoms with van der Waals surface area (Å²) < 4.78 is 5.03. The highest BCUT2D eigenvalue weighted by Gasteiger charge is 2.00. The van der Waals surface area contributed by atoms with E-state index in [1.54, 1.807) is 6.26 Å². The summed E-state index contributed by atoms with van der Waals surface area (Å²) in [5.74, 6) is 0. The molecule has 0 aliphatic rings. The quantitative estimate of drug-likeness (QED) is 0.666. The third-order valence-electron chi connectivity index (χ3n) is 2.35. The van der Waals surface area contributed by atoms with Crippen molar-refractivity contribution in [2.75, 3.05) is 26.7 Å². The van der Waals surface area contributed by atoms with Crippen LogP contribution in [0.2, 0.25) is 0 Å². The number of nitrogens with one attached hydrogen (secondary N) is 1. The normalized spacial score (nSPS) is 11.1. The summed E-state index contributed by atoms with van der Waals surface area (Å²) in [6.07, 6.45) is 5.96. The number of furan rings is 1. The molecule has 0 aromatic carbocycles. The van der Waals surface area contributed by atoms with Crippen molar-refractivity contribution in [2.24, 2.45) is 0 Å². The van der Waals surface area contributed by atoms with E-state index in [1.807, 2.05) is 12.3 Å². The summed E-state index contributed by atoms with van der Waals surface area (Å²) in [6.45, 7) is 6.54. The van der Waals surface area contributed by atoms with E-state index in [0.717, 1.165) is 26.2 Å². The third kappa shape index (κ3) is 5.60. The van der Waals surface area contributed by atoms with Crippen LogP contribution < -0.4 is 5.32 Å². The summed E-state index contributed by atoms with van der Waals surface area (Å²) in [6, 6.07) is 2.02. The minimum Gasteiger partial charge on any atom is -0.472 e. The molecule has 0 spiro atoms. The minimum absolute atomic E-state index is 0.976. The van der Waals surface area contributed by atoms with Gasteiger partial charge in [-0.2, -0.15) is 0 Å². The van der Waals surface area contributed by atoms with Gasteiger partial charge in [-0.1, -0.05) is 6.92 Å². The van der Waals surface area contributed by atoms with Crippen molar-refractivity contribution < 1.29 is 4.42 Å². The molecule has 1 rings (SSSR count). The maximum Gasteiger partial charge on any atom is 0.0947 e. The number of hydrogen-bond donors (Lipinski definition) is 1. The zero-order valence-electron chi connectivity index (χ0n) is 9.83. The Bertz CT molecular complexity index is 234. The summed E-state index contributed by atoms with van der Waals surface area (Å²) in [4.78, 5) is 2.32. The molecule has 1 aromatic rings. The fourth-order valence-corrected chi connectivity index (χ4v) is 1.55. The van der Waals surface area contributed by atoms with Gasteiger partial charge in [0, 0.05) is 12.1 Å². The molecule has 0 amide bonds. The van der Waals surface area contributed by atoms with Gasteiger partial charge in [0.15, 0.2) is 0 Å². The third-order valence-corrected chi connectivity index (χ3v) is 2.35. The molecule has 1 aromatic heterocycles. The zero-order chi connectivity index (χ0) is 10.9. The van der Waals surface area contributed by atoms with Crippen LogP contribution in [0.1, 0.15) is 25.3 Å². The topological polar surface area (TPSA) is 28.4 Å². The van der Waals surface area contributed by atoms with Gasteiger partial charge in [-0.3, -0.25) is 0 Å². The molecule has 0 saturated heterocycles. The Labute approximate surface area is 92.5 Å². The predicted molar refractivity (Wildman–Crippen MR) is 62.8 cm³/mol. The second kappa shape index (κ2) is 7.49. The first-order valence-corrected chi connectivity index (χ1v) is 5.73. The number of hydrogen-bond acceptors (Lipinski definition) is 3. The van der Waals surface area contributed by atoms with Crippen molar-refractivity contribution >= 4 is 0 Å². The maximum atomic E-state index is 5.03. The largest absolute Gasteiger partial charge is 0.472 e. The SMILES string of the molecule is CCCNCCCN(C)Cc1ccoc1. The van der Waals surface area contributed by atoms with Crippen LogP contribution in [0.25, 0.3) is 0 Å². The van der Waals surface area contributed by atoms with Crippen LogP contribution in [0.3, 0.4) is 0 Å². The van der Waals surface area contributed by atoms with Gasteiger partial charge in [0.25, 0.3) is 0 Å². The summed E-state index contributed by atoms with van der Waals surface area (Å²) in [5, 5.41) is 3.40. The van der Waals surface area contributed by atoms with E-state index in [1.165, 1.54) is 18.4 Å². The lowest BCUT2D eigenvalue weighted by Gasteiger charge is -2.15. The average Bonchev–Trinajstić information content (AvgIpc) is 2.70. The predicted octanol–water partition coefficient (Wildman–Crippen LogP) is 2.10. The summed E-state index contributed by atoms with van der Waals surface area (Å²) in [5.41, 5.74) is 1.25. The van der Waals surface area contributed by atoms with Gasteiger partial charge in [0.2, 0.25) is 0 Å². The van der Waals surface area contributed by atoms with E-state index < -0.39 is 0 Å². The van der Waals surface area contributed by atoms with Crippen LogP contribution >= 0.6 is 0 Å². The maximum absolute atomic E-state index is 5.03. The summed E-state index contributed by atoms with van der Waals surface area (Å²) >= 11 is 0. The Hall–Kier alpha value is -0.800. The molecule has 0 unspecified atom stereocenters. The standard InChI is InChI=1S/C12H22N2O/c1-3-6-13-7-4-8-14(2)10-12-5-9-15-11-12/h5,9,11,13H,3-4,6-8,10H2,1-2H3. The molecule has 0 radical (unpaired) electrons. The van der Waals surface area contributed by atoms with Crippen LogP contribution in [0.4, 0.5) is 0 Å². The molecule has 3 heteroatoms. The Kier molecular flexibility index (Phi) is 6.12. The van der Waals surface area contributed by atoms with Crippen LogP contribution in [0, 0.1) is 0 Å². The highest BCUT2D eigenvalue weighted by molar-refractivity contribution is 5.04. The Morgan fingerprint density at radius 2 is 2.27 bits per heavy atom. The number of nitrogens with zero attached hydrogens (tertiary/aromatic N) is 1. The van der Waals surface area contributed by atoms with E-state index in [9.17, 15) is 0 Å². The zero-order valence-corrected chi connectivity index (χ0v) is 9.83. The van der Waals surface area contributed by atoms with E-state index in [-0.39, 0.29) is 0 Å². The van der Waals surface area contributed by atoms with Crippen molar-refractivity contribution in [1.82, 2.24) is 10.2 Å². The molecule has 0 bridgehead atoms. The highest BCUT2D eigenvalue weighted by Crippen LogP contribution is 2.03. The lowest BCUT2D eigenvalue weighted by molar-refractivity contribution is 0.318. The van der Waals surface area contributed by atoms with Crippen molar-refractivity contribution in [3.8, 4) is 0 Å². The van der Waals surface area contributed by atoms with Gasteiger partial charge in [-0.25, -0.2) is 0 Å². The van der Waals surface area contributed by atoms with E-state index in [2.05, 4.69) is 24.2 Å². The lowest BCUT2D eigenvalue weighted by Crippen LogP contribution is -2.24. The van der Waals surface area contributed by atoms with E-state index in [0.29, 0.717) is 0 Å². The molecular formula is C12H22N2O. The lowest BCUT2D eigenvalue weighted by atomic mass is 10.3. The Morgan fingerprint density at radius 1 is 1.40 bits per heavy atom. The first-order chi connectivity index (χ1) is 7.33. The number of rotatable bonds is 8. The fourth-order valence-electron chi connectivity index (χ4n) is 1.55. The molecule has 0 aliphatic carbocycles. The van der Waals surface area contributed by atoms with E-state index in [4.69, 9.17) is 4.42 Å². The van der Waals surface area contributed by atoms with Gasteiger partial charge in [0.05, 0.1) is 12.5 Å².